The van der Waals surface area contributed by atoms with Gasteiger partial charge in [-0.3, -0.25) is 0 Å². The molecule has 11 rings (SSSR count). The van der Waals surface area contributed by atoms with Gasteiger partial charge >= 0.3 is 0 Å². The molecule has 0 aromatic heterocycles. The van der Waals surface area contributed by atoms with Crippen molar-refractivity contribution in [3.8, 4) is 22.3 Å². The topological polar surface area (TPSA) is 6.48 Å². The number of para-hydroxylation sites is 4. The molecular formula is C53H36N2. The van der Waals surface area contributed by atoms with E-state index in [-0.39, 0.29) is 0 Å². The van der Waals surface area contributed by atoms with E-state index < -0.39 is 5.41 Å². The van der Waals surface area contributed by atoms with Crippen molar-refractivity contribution in [1.82, 2.24) is 0 Å². The maximum atomic E-state index is 2.51. The Labute approximate surface area is 321 Å². The van der Waals surface area contributed by atoms with Gasteiger partial charge in [-0.05, 0) is 117 Å². The Morgan fingerprint density at radius 2 is 0.709 bits per heavy atom. The van der Waals surface area contributed by atoms with Crippen LogP contribution in [0, 0.1) is 0 Å². The maximum absolute atomic E-state index is 2.51. The number of nitrogens with zero attached hydrogens (tertiary/aromatic N) is 2. The third-order valence-corrected chi connectivity index (χ3v) is 11.6. The fourth-order valence-corrected chi connectivity index (χ4v) is 9.47. The molecule has 258 valence electrons. The first-order valence-electron chi connectivity index (χ1n) is 19.0. The molecular weight excluding hydrogens is 665 g/mol. The first-order valence-corrected chi connectivity index (χ1v) is 19.0. The van der Waals surface area contributed by atoms with Crippen LogP contribution in [-0.4, -0.2) is 0 Å². The Morgan fingerprint density at radius 3 is 1.29 bits per heavy atom. The van der Waals surface area contributed by atoms with Crippen molar-refractivity contribution < 1.29 is 0 Å². The summed E-state index contributed by atoms with van der Waals surface area (Å²) in [7, 11) is 0. The molecule has 0 saturated heterocycles. The molecule has 0 fully saturated rings. The lowest BCUT2D eigenvalue weighted by atomic mass is 9.70. The summed E-state index contributed by atoms with van der Waals surface area (Å²) in [5.41, 5.74) is 16.8. The van der Waals surface area contributed by atoms with Crippen LogP contribution in [-0.2, 0) is 5.41 Å². The predicted octanol–water partition coefficient (Wildman–Crippen LogP) is 14.1. The SMILES string of the molecule is c1ccc(N(c2ccccc2)c2ccc3c(c2)-c2ccccc2C32c3ccccc3-c3c2cc(N(c2ccccc2)c2ccccc2)c2ccccc32)cc1. The van der Waals surface area contributed by atoms with Gasteiger partial charge in [-0.15, -0.1) is 0 Å². The Bertz CT molecular complexity index is 2790. The van der Waals surface area contributed by atoms with Crippen LogP contribution in [0.3, 0.4) is 0 Å². The van der Waals surface area contributed by atoms with Gasteiger partial charge in [0, 0.05) is 33.8 Å². The van der Waals surface area contributed by atoms with Gasteiger partial charge < -0.3 is 9.80 Å². The molecule has 0 radical (unpaired) electrons. The van der Waals surface area contributed by atoms with Crippen LogP contribution in [0.25, 0.3) is 33.0 Å². The highest BCUT2D eigenvalue weighted by Gasteiger charge is 2.52. The highest BCUT2D eigenvalue weighted by atomic mass is 15.1. The van der Waals surface area contributed by atoms with Crippen molar-refractivity contribution in [1.29, 1.82) is 0 Å². The van der Waals surface area contributed by atoms with Crippen LogP contribution in [0.2, 0.25) is 0 Å². The van der Waals surface area contributed by atoms with E-state index in [9.17, 15) is 0 Å². The van der Waals surface area contributed by atoms with Crippen LogP contribution in [0.4, 0.5) is 34.1 Å². The molecule has 9 aromatic carbocycles. The summed E-state index contributed by atoms with van der Waals surface area (Å²) in [6.07, 6.45) is 0. The molecule has 0 saturated carbocycles. The zero-order valence-corrected chi connectivity index (χ0v) is 30.2. The normalized spacial score (nSPS) is 14.6. The van der Waals surface area contributed by atoms with Gasteiger partial charge in [0.25, 0.3) is 0 Å². The largest absolute Gasteiger partial charge is 0.310 e. The number of fused-ring (bicyclic) bond motifs is 12. The molecule has 0 bridgehead atoms. The Balaban J connectivity index is 1.23. The molecule has 55 heavy (non-hydrogen) atoms. The fourth-order valence-electron chi connectivity index (χ4n) is 9.47. The zero-order valence-electron chi connectivity index (χ0n) is 30.2. The third-order valence-electron chi connectivity index (χ3n) is 11.6. The number of hydrogen-bond acceptors (Lipinski definition) is 2. The zero-order chi connectivity index (χ0) is 36.3. The molecule has 2 nitrogen and oxygen atoms in total. The summed E-state index contributed by atoms with van der Waals surface area (Å²) in [6.45, 7) is 0. The third kappa shape index (κ3) is 4.62. The van der Waals surface area contributed by atoms with E-state index in [1.54, 1.807) is 0 Å². The van der Waals surface area contributed by atoms with Crippen molar-refractivity contribution >= 4 is 44.9 Å². The second kappa shape index (κ2) is 12.5. The van der Waals surface area contributed by atoms with Crippen LogP contribution in [0.15, 0.2) is 218 Å². The molecule has 2 aliphatic carbocycles. The Morgan fingerprint density at radius 1 is 0.273 bits per heavy atom. The van der Waals surface area contributed by atoms with Crippen molar-refractivity contribution in [3.63, 3.8) is 0 Å². The molecule has 0 N–H and O–H groups in total. The standard InChI is InChI=1S/C53H36N2/c1-5-19-37(20-6-1)54(38-21-7-2-8-22-38)41-33-34-49-46(35-41)42-27-15-17-31-47(42)53(49)48-32-18-16-30-45(48)52-44-29-14-13-28-43(44)51(36-50(52)53)55(39-23-9-3-10-24-39)40-25-11-4-12-26-40/h1-36H. The fraction of sp³-hybridized carbons (Fsp3) is 0.0189. The molecule has 0 heterocycles. The lowest BCUT2D eigenvalue weighted by Crippen LogP contribution is -2.26. The second-order valence-electron chi connectivity index (χ2n) is 14.4. The molecule has 9 aromatic rings. The van der Waals surface area contributed by atoms with Crippen molar-refractivity contribution in [2.75, 3.05) is 9.80 Å². The van der Waals surface area contributed by atoms with Crippen LogP contribution in [0.1, 0.15) is 22.3 Å². The molecule has 1 atom stereocenters. The van der Waals surface area contributed by atoms with Crippen molar-refractivity contribution in [2.45, 2.75) is 5.41 Å². The molecule has 0 amide bonds. The van der Waals surface area contributed by atoms with Crippen molar-refractivity contribution in [2.24, 2.45) is 0 Å². The number of hydrogen-bond donors (Lipinski definition) is 0. The molecule has 1 unspecified atom stereocenters. The maximum Gasteiger partial charge on any atom is 0.0726 e. The van der Waals surface area contributed by atoms with E-state index in [1.165, 1.54) is 61.0 Å². The van der Waals surface area contributed by atoms with Gasteiger partial charge in [0.2, 0.25) is 0 Å². The monoisotopic (exact) mass is 700 g/mol. The van der Waals surface area contributed by atoms with Crippen LogP contribution >= 0.6 is 0 Å². The summed E-state index contributed by atoms with van der Waals surface area (Å²) in [5, 5.41) is 2.49. The van der Waals surface area contributed by atoms with Crippen molar-refractivity contribution in [3.05, 3.63) is 241 Å². The minimum atomic E-state index is -0.515. The number of benzene rings is 9. The minimum absolute atomic E-state index is 0.515. The summed E-state index contributed by atoms with van der Waals surface area (Å²) in [5.74, 6) is 0. The first-order chi connectivity index (χ1) is 27.3. The molecule has 2 heteroatoms. The van der Waals surface area contributed by atoms with E-state index >= 15 is 0 Å². The molecule has 1 spiro atoms. The summed E-state index contributed by atoms with van der Waals surface area (Å²) in [4.78, 5) is 4.80. The average molecular weight is 701 g/mol. The number of rotatable bonds is 6. The van der Waals surface area contributed by atoms with Crippen LogP contribution < -0.4 is 9.80 Å². The summed E-state index contributed by atoms with van der Waals surface area (Å²) >= 11 is 0. The first kappa shape index (κ1) is 31.4. The molecule has 2 aliphatic rings. The Hall–Kier alpha value is -7.16. The minimum Gasteiger partial charge on any atom is -0.310 e. The van der Waals surface area contributed by atoms with Gasteiger partial charge in [0.1, 0.15) is 0 Å². The molecule has 0 aliphatic heterocycles. The smallest absolute Gasteiger partial charge is 0.0726 e. The second-order valence-corrected chi connectivity index (χ2v) is 14.4. The number of anilines is 6. The van der Waals surface area contributed by atoms with E-state index in [0.29, 0.717) is 0 Å². The van der Waals surface area contributed by atoms with Gasteiger partial charge in [-0.2, -0.15) is 0 Å². The van der Waals surface area contributed by atoms with E-state index in [1.807, 2.05) is 0 Å². The lowest BCUT2D eigenvalue weighted by Gasteiger charge is -2.33. The van der Waals surface area contributed by atoms with Crippen LogP contribution in [0.5, 0.6) is 0 Å². The summed E-state index contributed by atoms with van der Waals surface area (Å²) in [6, 6.07) is 79.9. The van der Waals surface area contributed by atoms with Gasteiger partial charge in [0.15, 0.2) is 0 Å². The van der Waals surface area contributed by atoms with Gasteiger partial charge in [-0.25, -0.2) is 0 Å². The van der Waals surface area contributed by atoms with E-state index in [0.717, 1.165) is 28.4 Å². The predicted molar refractivity (Wildman–Crippen MR) is 230 cm³/mol. The van der Waals surface area contributed by atoms with Gasteiger partial charge in [-0.1, -0.05) is 152 Å². The van der Waals surface area contributed by atoms with E-state index in [4.69, 9.17) is 0 Å². The van der Waals surface area contributed by atoms with E-state index in [2.05, 4.69) is 228 Å². The highest BCUT2D eigenvalue weighted by Crippen LogP contribution is 2.65. The average Bonchev–Trinajstić information content (AvgIpc) is 3.72. The summed E-state index contributed by atoms with van der Waals surface area (Å²) < 4.78 is 0. The quantitative estimate of drug-likeness (QED) is 0.170. The lowest BCUT2D eigenvalue weighted by molar-refractivity contribution is 0.794. The van der Waals surface area contributed by atoms with Gasteiger partial charge in [0.05, 0.1) is 11.1 Å². The highest BCUT2D eigenvalue weighted by molar-refractivity contribution is 6.12. The Kier molecular flexibility index (Phi) is 7.11.